The average Bonchev–Trinajstić information content (AvgIpc) is 2.82. The molecule has 0 radical (unpaired) electrons. The number of esters is 1. The van der Waals surface area contributed by atoms with Crippen LogP contribution in [0.4, 0.5) is 5.82 Å². The second-order valence-corrected chi connectivity index (χ2v) is 7.73. The van der Waals surface area contributed by atoms with E-state index in [0.29, 0.717) is 18.2 Å². The van der Waals surface area contributed by atoms with Gasteiger partial charge in [-0.2, -0.15) is 0 Å². The Morgan fingerprint density at radius 1 is 1.10 bits per heavy atom. The lowest BCUT2D eigenvalue weighted by atomic mass is 10.00. The van der Waals surface area contributed by atoms with Crippen molar-refractivity contribution < 1.29 is 14.3 Å². The van der Waals surface area contributed by atoms with Crippen LogP contribution in [0.15, 0.2) is 54.6 Å². The quantitative estimate of drug-likeness (QED) is 0.517. The molecule has 30 heavy (non-hydrogen) atoms. The third kappa shape index (κ3) is 4.25. The maximum Gasteiger partial charge on any atom is 0.337 e. The molecule has 1 fully saturated rings. The van der Waals surface area contributed by atoms with Crippen molar-refractivity contribution in [2.45, 2.75) is 45.3 Å². The van der Waals surface area contributed by atoms with Gasteiger partial charge in [0.2, 0.25) is 0 Å². The average molecular weight is 405 g/mol. The number of piperidine rings is 1. The van der Waals surface area contributed by atoms with Crippen molar-refractivity contribution in [1.29, 1.82) is 0 Å². The molecule has 1 saturated heterocycles. The molecule has 5 heteroatoms. The predicted molar refractivity (Wildman–Crippen MR) is 119 cm³/mol. The van der Waals surface area contributed by atoms with E-state index in [4.69, 9.17) is 14.5 Å². The minimum atomic E-state index is -0.337. The largest absolute Gasteiger partial charge is 0.487 e. The van der Waals surface area contributed by atoms with Crippen LogP contribution >= 0.6 is 0 Å². The molecule has 0 saturated carbocycles. The third-order valence-corrected chi connectivity index (χ3v) is 5.83. The molecule has 3 aromatic rings. The summed E-state index contributed by atoms with van der Waals surface area (Å²) >= 11 is 0. The van der Waals surface area contributed by atoms with Crippen LogP contribution < -0.4 is 9.64 Å². The van der Waals surface area contributed by atoms with Crippen molar-refractivity contribution in [2.24, 2.45) is 0 Å². The number of hydrogen-bond donors (Lipinski definition) is 0. The summed E-state index contributed by atoms with van der Waals surface area (Å²) in [6.45, 7) is 3.73. The lowest BCUT2D eigenvalue weighted by Gasteiger charge is -2.36. The van der Waals surface area contributed by atoms with Gasteiger partial charge in [-0.3, -0.25) is 0 Å². The Morgan fingerprint density at radius 2 is 1.93 bits per heavy atom. The summed E-state index contributed by atoms with van der Waals surface area (Å²) in [5.74, 6) is 1.47. The number of hydrogen-bond acceptors (Lipinski definition) is 5. The van der Waals surface area contributed by atoms with Crippen LogP contribution in [0.25, 0.3) is 10.9 Å². The Balaban J connectivity index is 1.56. The van der Waals surface area contributed by atoms with Gasteiger partial charge in [-0.05, 0) is 61.6 Å². The number of rotatable bonds is 6. The number of anilines is 1. The van der Waals surface area contributed by atoms with Crippen LogP contribution in [0.5, 0.6) is 5.75 Å². The summed E-state index contributed by atoms with van der Waals surface area (Å²) in [5.41, 5.74) is 2.41. The molecule has 1 aliphatic rings. The van der Waals surface area contributed by atoms with Crippen LogP contribution in [-0.4, -0.2) is 30.6 Å². The van der Waals surface area contributed by atoms with Gasteiger partial charge in [0.25, 0.3) is 0 Å². The zero-order valence-corrected chi connectivity index (χ0v) is 17.6. The number of aromatic nitrogens is 1. The highest BCUT2D eigenvalue weighted by atomic mass is 16.5. The fraction of sp³-hybridized carbons (Fsp3) is 0.360. The van der Waals surface area contributed by atoms with E-state index >= 15 is 0 Å². The van der Waals surface area contributed by atoms with E-state index in [0.717, 1.165) is 41.0 Å². The molecule has 2 heterocycles. The highest BCUT2D eigenvalue weighted by Crippen LogP contribution is 2.30. The molecular formula is C25H28N2O3. The van der Waals surface area contributed by atoms with Gasteiger partial charge < -0.3 is 14.4 Å². The van der Waals surface area contributed by atoms with Crippen molar-refractivity contribution in [1.82, 2.24) is 4.98 Å². The maximum absolute atomic E-state index is 11.6. The maximum atomic E-state index is 11.6. The second kappa shape index (κ2) is 9.16. The lowest BCUT2D eigenvalue weighted by molar-refractivity contribution is 0.0600. The predicted octanol–water partition coefficient (Wildman–Crippen LogP) is 5.37. The number of nitrogens with zero attached hydrogens (tertiary/aromatic N) is 2. The van der Waals surface area contributed by atoms with Gasteiger partial charge in [-0.25, -0.2) is 9.78 Å². The van der Waals surface area contributed by atoms with Crippen molar-refractivity contribution in [3.8, 4) is 5.75 Å². The highest BCUT2D eigenvalue weighted by molar-refractivity contribution is 5.89. The van der Waals surface area contributed by atoms with Gasteiger partial charge in [0.1, 0.15) is 23.7 Å². The summed E-state index contributed by atoms with van der Waals surface area (Å²) in [7, 11) is 1.38. The molecule has 2 aromatic carbocycles. The minimum absolute atomic E-state index is 0.337. The molecule has 0 N–H and O–H groups in total. The lowest BCUT2D eigenvalue weighted by Crippen LogP contribution is -2.39. The number of methoxy groups -OCH3 is 1. The number of fused-ring (bicyclic) bond motifs is 1. The van der Waals surface area contributed by atoms with E-state index in [9.17, 15) is 4.79 Å². The molecule has 1 aromatic heterocycles. The number of carbonyl (C=O) groups excluding carboxylic acids is 1. The van der Waals surface area contributed by atoms with Gasteiger partial charge in [-0.15, -0.1) is 0 Å². The smallest absolute Gasteiger partial charge is 0.337 e. The summed E-state index contributed by atoms with van der Waals surface area (Å²) < 4.78 is 10.9. The molecule has 0 amide bonds. The van der Waals surface area contributed by atoms with Crippen LogP contribution in [0.3, 0.4) is 0 Å². The molecule has 1 atom stereocenters. The van der Waals surface area contributed by atoms with Crippen LogP contribution in [-0.2, 0) is 11.3 Å². The molecular weight excluding hydrogens is 376 g/mol. The zero-order valence-electron chi connectivity index (χ0n) is 17.6. The summed E-state index contributed by atoms with van der Waals surface area (Å²) in [6, 6.07) is 18.1. The molecule has 1 aliphatic heterocycles. The Morgan fingerprint density at radius 3 is 2.70 bits per heavy atom. The van der Waals surface area contributed by atoms with Crippen molar-refractivity contribution in [3.05, 3.63) is 65.7 Å². The SMILES string of the molecule is CCC1CCCCN1c1ccc2cccc(OCc3ccc(C(=O)OC)cc3)c2n1. The Hall–Kier alpha value is -3.08. The molecule has 0 bridgehead atoms. The number of para-hydroxylation sites is 1. The minimum Gasteiger partial charge on any atom is -0.487 e. The van der Waals surface area contributed by atoms with E-state index in [1.54, 1.807) is 12.1 Å². The Kier molecular flexibility index (Phi) is 6.17. The van der Waals surface area contributed by atoms with Crippen molar-refractivity contribution >= 4 is 22.7 Å². The summed E-state index contributed by atoms with van der Waals surface area (Å²) in [6.07, 6.45) is 4.89. The standard InChI is InChI=1S/C25H28N2O3/c1-3-21-8-4-5-16-27(21)23-15-14-19-7-6-9-22(24(19)26-23)30-17-18-10-12-20(13-11-18)25(28)29-2/h6-7,9-15,21H,3-5,8,16-17H2,1-2H3. The normalized spacial score (nSPS) is 16.5. The van der Waals surface area contributed by atoms with Crippen molar-refractivity contribution in [3.63, 3.8) is 0 Å². The number of pyridine rings is 1. The van der Waals surface area contributed by atoms with Gasteiger partial charge in [0, 0.05) is 18.0 Å². The number of benzene rings is 2. The van der Waals surface area contributed by atoms with Crippen LogP contribution in [0.2, 0.25) is 0 Å². The number of ether oxygens (including phenoxy) is 2. The molecule has 4 rings (SSSR count). The van der Waals surface area contributed by atoms with E-state index in [2.05, 4.69) is 30.0 Å². The van der Waals surface area contributed by atoms with Gasteiger partial charge in [0.15, 0.2) is 0 Å². The van der Waals surface area contributed by atoms with E-state index in [1.807, 2.05) is 24.3 Å². The van der Waals surface area contributed by atoms with E-state index in [1.165, 1.54) is 26.4 Å². The van der Waals surface area contributed by atoms with Gasteiger partial charge in [0.05, 0.1) is 12.7 Å². The van der Waals surface area contributed by atoms with Crippen molar-refractivity contribution in [2.75, 3.05) is 18.6 Å². The Labute approximate surface area is 177 Å². The van der Waals surface area contributed by atoms with E-state index in [-0.39, 0.29) is 5.97 Å². The summed E-state index contributed by atoms with van der Waals surface area (Å²) in [5, 5.41) is 1.07. The first-order valence-electron chi connectivity index (χ1n) is 10.7. The number of carbonyl (C=O) groups is 1. The fourth-order valence-corrected chi connectivity index (χ4v) is 4.13. The third-order valence-electron chi connectivity index (χ3n) is 5.83. The molecule has 5 nitrogen and oxygen atoms in total. The monoisotopic (exact) mass is 404 g/mol. The van der Waals surface area contributed by atoms with Gasteiger partial charge >= 0.3 is 5.97 Å². The zero-order chi connectivity index (χ0) is 20.9. The second-order valence-electron chi connectivity index (χ2n) is 7.73. The molecule has 0 aliphatic carbocycles. The highest BCUT2D eigenvalue weighted by Gasteiger charge is 2.22. The summed E-state index contributed by atoms with van der Waals surface area (Å²) in [4.78, 5) is 19.0. The fourth-order valence-electron chi connectivity index (χ4n) is 4.13. The first-order valence-corrected chi connectivity index (χ1v) is 10.7. The van der Waals surface area contributed by atoms with Crippen LogP contribution in [0.1, 0.15) is 48.5 Å². The molecule has 156 valence electrons. The van der Waals surface area contributed by atoms with E-state index < -0.39 is 0 Å². The molecule has 0 spiro atoms. The first kappa shape index (κ1) is 20.2. The van der Waals surface area contributed by atoms with Gasteiger partial charge in [-0.1, -0.05) is 31.2 Å². The Bertz CT molecular complexity index is 1020. The molecule has 1 unspecified atom stereocenters. The topological polar surface area (TPSA) is 51.7 Å². The van der Waals surface area contributed by atoms with Crippen LogP contribution in [0, 0.1) is 0 Å². The first-order chi connectivity index (χ1) is 14.7.